The van der Waals surface area contributed by atoms with Crippen molar-refractivity contribution in [3.8, 4) is 0 Å². The molecule has 1 saturated heterocycles. The van der Waals surface area contributed by atoms with Gasteiger partial charge in [0, 0.05) is 24.4 Å². The Balaban J connectivity index is 1.75. The van der Waals surface area contributed by atoms with Gasteiger partial charge in [0.1, 0.15) is 0 Å². The maximum atomic E-state index is 12.1. The van der Waals surface area contributed by atoms with Gasteiger partial charge in [-0.25, -0.2) is 0 Å². The van der Waals surface area contributed by atoms with Gasteiger partial charge in [-0.2, -0.15) is 0 Å². The predicted molar refractivity (Wildman–Crippen MR) is 120 cm³/mol. The van der Waals surface area contributed by atoms with Gasteiger partial charge in [-0.1, -0.05) is 104 Å². The average molecular weight is 386 g/mol. The molecular formula is C27H31NO. The molecule has 0 radical (unpaired) electrons. The third kappa shape index (κ3) is 4.44. The average Bonchev–Trinajstić information content (AvgIpc) is 2.77. The number of aliphatic hydroxyl groups is 1. The van der Waals surface area contributed by atoms with Crippen molar-refractivity contribution in [3.05, 3.63) is 108 Å². The smallest absolute Gasteiger partial charge is 0.0752 e. The molecule has 3 aromatic rings. The maximum absolute atomic E-state index is 12.1. The molecule has 4 rings (SSSR count). The van der Waals surface area contributed by atoms with Crippen molar-refractivity contribution in [1.82, 2.24) is 5.32 Å². The molecule has 1 heterocycles. The zero-order valence-corrected chi connectivity index (χ0v) is 17.2. The third-order valence-corrected chi connectivity index (χ3v) is 6.34. The summed E-state index contributed by atoms with van der Waals surface area (Å²) in [5.41, 5.74) is 2.95. The second kappa shape index (κ2) is 8.94. The number of nitrogens with one attached hydrogen (secondary N) is 1. The fraction of sp³-hybridized carbons (Fsp3) is 0.333. The summed E-state index contributed by atoms with van der Waals surface area (Å²) in [6.45, 7) is 2.22. The quantitative estimate of drug-likeness (QED) is 0.558. The number of rotatable bonds is 6. The van der Waals surface area contributed by atoms with Crippen LogP contribution in [-0.2, 0) is 6.42 Å². The lowest BCUT2D eigenvalue weighted by atomic mass is 9.67. The molecule has 1 aliphatic rings. The highest BCUT2D eigenvalue weighted by molar-refractivity contribution is 5.28. The van der Waals surface area contributed by atoms with Gasteiger partial charge in [0.15, 0.2) is 0 Å². The van der Waals surface area contributed by atoms with Crippen LogP contribution in [0.15, 0.2) is 91.0 Å². The van der Waals surface area contributed by atoms with Crippen LogP contribution in [-0.4, -0.2) is 10.7 Å². The van der Waals surface area contributed by atoms with Crippen molar-refractivity contribution in [2.24, 2.45) is 5.92 Å². The highest BCUT2D eigenvalue weighted by atomic mass is 16.3. The minimum atomic E-state index is -0.760. The summed E-state index contributed by atoms with van der Waals surface area (Å²) in [4.78, 5) is 0. The van der Waals surface area contributed by atoms with Gasteiger partial charge in [-0.15, -0.1) is 0 Å². The van der Waals surface area contributed by atoms with Crippen LogP contribution in [0.5, 0.6) is 0 Å². The summed E-state index contributed by atoms with van der Waals surface area (Å²) in [6.07, 6.45) is 3.47. The largest absolute Gasteiger partial charge is 0.389 e. The van der Waals surface area contributed by atoms with Crippen molar-refractivity contribution in [1.29, 1.82) is 0 Å². The molecule has 0 aromatic heterocycles. The van der Waals surface area contributed by atoms with Crippen LogP contribution in [0.1, 0.15) is 55.0 Å². The molecule has 150 valence electrons. The van der Waals surface area contributed by atoms with E-state index in [-0.39, 0.29) is 18.0 Å². The van der Waals surface area contributed by atoms with Crippen LogP contribution in [0.3, 0.4) is 0 Å². The Morgan fingerprint density at radius 2 is 1.38 bits per heavy atom. The van der Waals surface area contributed by atoms with E-state index in [0.29, 0.717) is 6.42 Å². The highest BCUT2D eigenvalue weighted by Gasteiger charge is 2.47. The highest BCUT2D eigenvalue weighted by Crippen LogP contribution is 2.46. The fourth-order valence-corrected chi connectivity index (χ4v) is 4.99. The molecule has 0 bridgehead atoms. The first-order chi connectivity index (χ1) is 14.2. The lowest BCUT2D eigenvalue weighted by molar-refractivity contribution is -0.0780. The second-order valence-corrected chi connectivity index (χ2v) is 8.38. The third-order valence-electron chi connectivity index (χ3n) is 6.34. The Labute approximate surface area is 174 Å². The van der Waals surface area contributed by atoms with Crippen LogP contribution in [0.4, 0.5) is 0 Å². The number of piperidine rings is 1. The van der Waals surface area contributed by atoms with Crippen LogP contribution in [0.2, 0.25) is 0 Å². The summed E-state index contributed by atoms with van der Waals surface area (Å²) < 4.78 is 0. The van der Waals surface area contributed by atoms with Crippen LogP contribution < -0.4 is 5.32 Å². The van der Waals surface area contributed by atoms with Crippen molar-refractivity contribution in [3.63, 3.8) is 0 Å². The lowest BCUT2D eigenvalue weighted by Gasteiger charge is -2.49. The number of benzene rings is 3. The summed E-state index contributed by atoms with van der Waals surface area (Å²) in [6, 6.07) is 31.9. The van der Waals surface area contributed by atoms with Gasteiger partial charge >= 0.3 is 0 Å². The van der Waals surface area contributed by atoms with E-state index < -0.39 is 5.60 Å². The van der Waals surface area contributed by atoms with Gasteiger partial charge in [0.05, 0.1) is 5.60 Å². The molecule has 2 heteroatoms. The molecule has 0 aliphatic carbocycles. The summed E-state index contributed by atoms with van der Waals surface area (Å²) in [7, 11) is 0. The Kier molecular flexibility index (Phi) is 6.13. The molecular weight excluding hydrogens is 354 g/mol. The Morgan fingerprint density at radius 1 is 0.828 bits per heavy atom. The normalized spacial score (nSPS) is 26.9. The molecule has 1 fully saturated rings. The topological polar surface area (TPSA) is 32.3 Å². The first-order valence-corrected chi connectivity index (χ1v) is 10.8. The summed E-state index contributed by atoms with van der Waals surface area (Å²) in [5.74, 6) is 0.162. The molecule has 0 saturated carbocycles. The van der Waals surface area contributed by atoms with Crippen molar-refractivity contribution < 1.29 is 5.11 Å². The zero-order valence-electron chi connectivity index (χ0n) is 17.2. The molecule has 29 heavy (non-hydrogen) atoms. The van der Waals surface area contributed by atoms with Gasteiger partial charge in [-0.3, -0.25) is 0 Å². The fourth-order valence-electron chi connectivity index (χ4n) is 4.99. The maximum Gasteiger partial charge on any atom is 0.0752 e. The van der Waals surface area contributed by atoms with Crippen LogP contribution >= 0.6 is 0 Å². The van der Waals surface area contributed by atoms with E-state index >= 15 is 0 Å². The Morgan fingerprint density at radius 3 is 1.97 bits per heavy atom. The second-order valence-electron chi connectivity index (χ2n) is 8.38. The van der Waals surface area contributed by atoms with E-state index in [1.807, 2.05) is 6.07 Å². The molecule has 1 aliphatic heterocycles. The molecule has 3 aromatic carbocycles. The standard InChI is InChI=1S/C27H31NO/c1-2-12-24-26(23-17-10-5-11-18-23)28-25(22-15-8-4-9-16-22)20-27(24,29)19-21-13-6-3-7-14-21/h3-11,13-18,24-26,28-29H,2,12,19-20H2,1H3/t24-,25-,26+,27+/m0/s1. The summed E-state index contributed by atoms with van der Waals surface area (Å²) >= 11 is 0. The Bertz CT molecular complexity index is 880. The first-order valence-electron chi connectivity index (χ1n) is 10.8. The van der Waals surface area contributed by atoms with Gasteiger partial charge in [0.25, 0.3) is 0 Å². The summed E-state index contributed by atoms with van der Waals surface area (Å²) in [5, 5.41) is 16.0. The van der Waals surface area contributed by atoms with Crippen molar-refractivity contribution in [2.45, 2.75) is 50.3 Å². The van der Waals surface area contributed by atoms with Crippen LogP contribution in [0, 0.1) is 5.92 Å². The first kappa shape index (κ1) is 19.9. The molecule has 2 N–H and O–H groups in total. The number of hydrogen-bond donors (Lipinski definition) is 2. The van der Waals surface area contributed by atoms with E-state index in [1.165, 1.54) is 16.7 Å². The monoisotopic (exact) mass is 385 g/mol. The molecule has 4 atom stereocenters. The van der Waals surface area contributed by atoms with E-state index in [0.717, 1.165) is 19.3 Å². The molecule has 0 unspecified atom stereocenters. The van der Waals surface area contributed by atoms with E-state index in [2.05, 4.69) is 97.2 Å². The van der Waals surface area contributed by atoms with E-state index in [1.54, 1.807) is 0 Å². The lowest BCUT2D eigenvalue weighted by Crippen LogP contribution is -2.54. The van der Waals surface area contributed by atoms with Crippen molar-refractivity contribution in [2.75, 3.05) is 0 Å². The SMILES string of the molecule is CCC[C@H]1[C@@H](c2ccccc2)N[C@H](c2ccccc2)C[C@]1(O)Cc1ccccc1. The molecule has 2 nitrogen and oxygen atoms in total. The van der Waals surface area contributed by atoms with Crippen molar-refractivity contribution >= 4 is 0 Å². The minimum Gasteiger partial charge on any atom is -0.389 e. The van der Waals surface area contributed by atoms with Gasteiger partial charge in [-0.05, 0) is 29.5 Å². The molecule has 0 spiro atoms. The van der Waals surface area contributed by atoms with E-state index in [4.69, 9.17) is 0 Å². The van der Waals surface area contributed by atoms with Gasteiger partial charge in [0.2, 0.25) is 0 Å². The van der Waals surface area contributed by atoms with Gasteiger partial charge < -0.3 is 10.4 Å². The Hall–Kier alpha value is -2.42. The predicted octanol–water partition coefficient (Wildman–Crippen LogP) is 5.85. The molecule has 0 amide bonds. The van der Waals surface area contributed by atoms with Crippen LogP contribution in [0.25, 0.3) is 0 Å². The minimum absolute atomic E-state index is 0.128. The van der Waals surface area contributed by atoms with E-state index in [9.17, 15) is 5.11 Å². The number of hydrogen-bond acceptors (Lipinski definition) is 2. The zero-order chi connectivity index (χ0) is 20.1.